The van der Waals surface area contributed by atoms with Gasteiger partial charge in [-0.05, 0) is 55.3 Å². The van der Waals surface area contributed by atoms with Crippen LogP contribution in [0.4, 0.5) is 10.1 Å². The van der Waals surface area contributed by atoms with Crippen molar-refractivity contribution < 1.29 is 18.7 Å². The highest BCUT2D eigenvalue weighted by atomic mass is 19.1. The van der Waals surface area contributed by atoms with Crippen molar-refractivity contribution in [1.29, 1.82) is 0 Å². The number of anilines is 1. The molecule has 1 saturated heterocycles. The van der Waals surface area contributed by atoms with Crippen LogP contribution in [0.15, 0.2) is 71.8 Å². The van der Waals surface area contributed by atoms with E-state index in [9.17, 15) is 9.59 Å². The van der Waals surface area contributed by atoms with E-state index in [2.05, 4.69) is 4.98 Å². The van der Waals surface area contributed by atoms with Crippen LogP contribution in [0.3, 0.4) is 0 Å². The van der Waals surface area contributed by atoms with Crippen LogP contribution >= 0.6 is 0 Å². The first-order chi connectivity index (χ1) is 17.1. The molecule has 178 valence electrons. The van der Waals surface area contributed by atoms with Gasteiger partial charge in [0.25, 0.3) is 0 Å². The molecule has 2 aromatic heterocycles. The summed E-state index contributed by atoms with van der Waals surface area (Å²) < 4.78 is 28.2. The van der Waals surface area contributed by atoms with E-state index in [4.69, 9.17) is 9.47 Å². The summed E-state index contributed by atoms with van der Waals surface area (Å²) in [5.41, 5.74) is 1.08. The van der Waals surface area contributed by atoms with Gasteiger partial charge < -0.3 is 18.9 Å². The number of aldehydes is 1. The number of benzene rings is 2. The van der Waals surface area contributed by atoms with E-state index in [1.807, 2.05) is 29.2 Å². The number of fused-ring (bicyclic) bond motifs is 1. The van der Waals surface area contributed by atoms with Gasteiger partial charge >= 0.3 is 0 Å². The summed E-state index contributed by atoms with van der Waals surface area (Å²) in [6, 6.07) is 15.5. The third-order valence-corrected chi connectivity index (χ3v) is 6.33. The zero-order chi connectivity index (χ0) is 24.4. The predicted molar refractivity (Wildman–Crippen MR) is 132 cm³/mol. The maximum atomic E-state index is 15.4. The molecule has 0 saturated carbocycles. The van der Waals surface area contributed by atoms with Gasteiger partial charge in [0.2, 0.25) is 5.88 Å². The second-order valence-corrected chi connectivity index (χ2v) is 8.39. The zero-order valence-electron chi connectivity index (χ0n) is 19.2. The number of rotatable bonds is 7. The average molecular weight is 474 g/mol. The SMILES string of the molecule is COc1ccc(-n2cc(C=O)c(=O)c3cc(F)c(N4CCCC4COc4ccccn4)cc32)cc1. The van der Waals surface area contributed by atoms with Crippen molar-refractivity contribution in [3.8, 4) is 17.3 Å². The summed E-state index contributed by atoms with van der Waals surface area (Å²) in [5.74, 6) is 0.686. The number of hydrogen-bond donors (Lipinski definition) is 0. The minimum absolute atomic E-state index is 0.0386. The third kappa shape index (κ3) is 4.35. The lowest BCUT2D eigenvalue weighted by Crippen LogP contribution is -2.35. The lowest BCUT2D eigenvalue weighted by molar-refractivity contribution is 0.112. The zero-order valence-corrected chi connectivity index (χ0v) is 19.2. The first-order valence-corrected chi connectivity index (χ1v) is 11.4. The molecule has 7 nitrogen and oxygen atoms in total. The number of carbonyl (C=O) groups excluding carboxylic acids is 1. The van der Waals surface area contributed by atoms with Crippen molar-refractivity contribution in [2.45, 2.75) is 18.9 Å². The lowest BCUT2D eigenvalue weighted by atomic mass is 10.1. The van der Waals surface area contributed by atoms with E-state index in [1.54, 1.807) is 42.1 Å². The van der Waals surface area contributed by atoms with Crippen LogP contribution in [0.2, 0.25) is 0 Å². The standard InChI is InChI=1S/C27H24FN3O4/c1-34-21-9-7-19(8-10-21)31-15-18(16-32)27(33)22-13-23(28)25(14-24(22)31)30-12-4-5-20(30)17-35-26-6-2-3-11-29-26/h2-3,6-11,13-16,20H,4-5,12,17H2,1H3. The van der Waals surface area contributed by atoms with Gasteiger partial charge in [-0.15, -0.1) is 0 Å². The Kier molecular flexibility index (Phi) is 6.18. The summed E-state index contributed by atoms with van der Waals surface area (Å²) in [5, 5.41) is 0.146. The Hall–Kier alpha value is -4.20. The first kappa shape index (κ1) is 22.6. The van der Waals surface area contributed by atoms with E-state index < -0.39 is 11.2 Å². The molecule has 2 aromatic carbocycles. The molecule has 0 aliphatic carbocycles. The fourth-order valence-corrected chi connectivity index (χ4v) is 4.56. The Morgan fingerprint density at radius 1 is 1.17 bits per heavy atom. The Balaban J connectivity index is 1.58. The van der Waals surface area contributed by atoms with E-state index in [1.165, 1.54) is 12.3 Å². The highest BCUT2D eigenvalue weighted by molar-refractivity contribution is 5.89. The number of aromatic nitrogens is 2. The smallest absolute Gasteiger partial charge is 0.213 e. The summed E-state index contributed by atoms with van der Waals surface area (Å²) in [6.07, 6.45) is 5.39. The molecule has 1 atom stereocenters. The van der Waals surface area contributed by atoms with Crippen LogP contribution in [0.25, 0.3) is 16.6 Å². The average Bonchev–Trinajstić information content (AvgIpc) is 3.37. The highest BCUT2D eigenvalue weighted by Crippen LogP contribution is 2.32. The second kappa shape index (κ2) is 9.58. The topological polar surface area (TPSA) is 73.7 Å². The summed E-state index contributed by atoms with van der Waals surface area (Å²) in [4.78, 5) is 30.6. The molecule has 0 N–H and O–H groups in total. The van der Waals surface area contributed by atoms with Crippen LogP contribution in [-0.4, -0.2) is 42.1 Å². The van der Waals surface area contributed by atoms with Crippen molar-refractivity contribution in [3.05, 3.63) is 88.6 Å². The molecule has 8 heteroatoms. The van der Waals surface area contributed by atoms with Crippen molar-refractivity contribution in [1.82, 2.24) is 9.55 Å². The molecule has 0 spiro atoms. The molecule has 1 unspecified atom stereocenters. The molecule has 1 aliphatic rings. The molecule has 3 heterocycles. The number of carbonyl (C=O) groups is 1. The second-order valence-electron chi connectivity index (χ2n) is 8.39. The van der Waals surface area contributed by atoms with Crippen LogP contribution in [0.1, 0.15) is 23.2 Å². The van der Waals surface area contributed by atoms with E-state index in [0.29, 0.717) is 48.0 Å². The Morgan fingerprint density at radius 2 is 2.00 bits per heavy atom. The fraction of sp³-hybridized carbons (Fsp3) is 0.222. The number of ether oxygens (including phenoxy) is 2. The molecule has 1 fully saturated rings. The van der Waals surface area contributed by atoms with Gasteiger partial charge in [-0.2, -0.15) is 0 Å². The van der Waals surface area contributed by atoms with Crippen molar-refractivity contribution in [2.24, 2.45) is 0 Å². The summed E-state index contributed by atoms with van der Waals surface area (Å²) in [7, 11) is 1.58. The molecular weight excluding hydrogens is 449 g/mol. The molecule has 5 rings (SSSR count). The van der Waals surface area contributed by atoms with Crippen LogP contribution in [-0.2, 0) is 0 Å². The van der Waals surface area contributed by atoms with Crippen molar-refractivity contribution >= 4 is 22.9 Å². The molecule has 4 aromatic rings. The van der Waals surface area contributed by atoms with Gasteiger partial charge in [0.1, 0.15) is 18.2 Å². The van der Waals surface area contributed by atoms with Gasteiger partial charge in [0.15, 0.2) is 11.7 Å². The van der Waals surface area contributed by atoms with Gasteiger partial charge in [-0.25, -0.2) is 9.37 Å². The number of methoxy groups -OCH3 is 1. The van der Waals surface area contributed by atoms with Crippen LogP contribution < -0.4 is 19.8 Å². The quantitative estimate of drug-likeness (QED) is 0.371. The van der Waals surface area contributed by atoms with Crippen molar-refractivity contribution in [2.75, 3.05) is 25.2 Å². The number of halogens is 1. The normalized spacial score (nSPS) is 15.4. The summed E-state index contributed by atoms with van der Waals surface area (Å²) in [6.45, 7) is 1.03. The van der Waals surface area contributed by atoms with E-state index in [0.717, 1.165) is 12.8 Å². The maximum absolute atomic E-state index is 15.4. The minimum atomic E-state index is -0.510. The number of hydrogen-bond acceptors (Lipinski definition) is 6. The maximum Gasteiger partial charge on any atom is 0.213 e. The van der Waals surface area contributed by atoms with Gasteiger partial charge in [0, 0.05) is 36.1 Å². The minimum Gasteiger partial charge on any atom is -0.497 e. The Labute approximate surface area is 201 Å². The Morgan fingerprint density at radius 3 is 2.71 bits per heavy atom. The lowest BCUT2D eigenvalue weighted by Gasteiger charge is -2.27. The van der Waals surface area contributed by atoms with Crippen LogP contribution in [0, 0.1) is 5.82 Å². The highest BCUT2D eigenvalue weighted by Gasteiger charge is 2.28. The van der Waals surface area contributed by atoms with E-state index >= 15 is 4.39 Å². The third-order valence-electron chi connectivity index (χ3n) is 6.33. The predicted octanol–water partition coefficient (Wildman–Crippen LogP) is 4.39. The van der Waals surface area contributed by atoms with Gasteiger partial charge in [0.05, 0.1) is 29.9 Å². The molecule has 35 heavy (non-hydrogen) atoms. The molecule has 1 aliphatic heterocycles. The fourth-order valence-electron chi connectivity index (χ4n) is 4.56. The summed E-state index contributed by atoms with van der Waals surface area (Å²) >= 11 is 0. The molecular formula is C27H24FN3O4. The van der Waals surface area contributed by atoms with Crippen LogP contribution in [0.5, 0.6) is 11.6 Å². The number of nitrogens with zero attached hydrogens (tertiary/aromatic N) is 3. The van der Waals surface area contributed by atoms with Gasteiger partial charge in [-0.3, -0.25) is 9.59 Å². The monoisotopic (exact) mass is 473 g/mol. The Bertz CT molecular complexity index is 1420. The largest absolute Gasteiger partial charge is 0.497 e. The van der Waals surface area contributed by atoms with E-state index in [-0.39, 0.29) is 17.0 Å². The molecule has 0 radical (unpaired) electrons. The van der Waals surface area contributed by atoms with Gasteiger partial charge in [-0.1, -0.05) is 6.07 Å². The molecule has 0 bridgehead atoms. The molecule has 0 amide bonds. The number of pyridine rings is 2. The first-order valence-electron chi connectivity index (χ1n) is 11.4. The van der Waals surface area contributed by atoms with Crippen molar-refractivity contribution in [3.63, 3.8) is 0 Å².